The average Bonchev–Trinajstić information content (AvgIpc) is 3.64. The molecule has 11 heteroatoms. The van der Waals surface area contributed by atoms with Crippen LogP contribution in [-0.4, -0.2) is 93.8 Å². The molecule has 0 radical (unpaired) electrons. The molecule has 5 aromatic rings. The van der Waals surface area contributed by atoms with Crippen LogP contribution in [0.15, 0.2) is 55.1 Å². The van der Waals surface area contributed by atoms with Gasteiger partial charge in [0, 0.05) is 60.9 Å². The highest BCUT2D eigenvalue weighted by molar-refractivity contribution is 7.22. The lowest BCUT2D eigenvalue weighted by Crippen LogP contribution is -2.47. The predicted molar refractivity (Wildman–Crippen MR) is 151 cm³/mol. The molecule has 39 heavy (non-hydrogen) atoms. The fourth-order valence-corrected chi connectivity index (χ4v) is 6.25. The second-order valence-corrected chi connectivity index (χ2v) is 11.2. The molecule has 2 aliphatic rings. The Morgan fingerprint density at radius 1 is 1.08 bits per heavy atom. The Labute approximate surface area is 229 Å². The lowest BCUT2D eigenvalue weighted by molar-refractivity contribution is 0.0402. The van der Waals surface area contributed by atoms with Crippen molar-refractivity contribution in [3.8, 4) is 10.4 Å². The summed E-state index contributed by atoms with van der Waals surface area (Å²) in [5.41, 5.74) is 4.53. The smallest absolute Gasteiger partial charge is 0.255 e. The van der Waals surface area contributed by atoms with E-state index in [1.165, 1.54) is 0 Å². The number of amides is 1. The average molecular weight is 541 g/mol. The molecule has 10 nitrogen and oxygen atoms in total. The number of fused-ring (bicyclic) bond motifs is 2. The number of rotatable bonds is 4. The van der Waals surface area contributed by atoms with Crippen molar-refractivity contribution in [1.29, 1.82) is 0 Å². The summed E-state index contributed by atoms with van der Waals surface area (Å²) < 4.78 is 7.14. The number of piperazine rings is 1. The molecule has 6 heterocycles. The molecule has 0 saturated carbocycles. The van der Waals surface area contributed by atoms with Crippen molar-refractivity contribution in [2.24, 2.45) is 0 Å². The molecule has 2 saturated heterocycles. The van der Waals surface area contributed by atoms with E-state index in [1.807, 2.05) is 41.7 Å². The van der Waals surface area contributed by atoms with Crippen LogP contribution in [0.25, 0.3) is 31.6 Å². The minimum Gasteiger partial charge on any atom is -0.370 e. The largest absolute Gasteiger partial charge is 0.370 e. The van der Waals surface area contributed by atoms with Crippen LogP contribution in [0.1, 0.15) is 22.0 Å². The number of carbonyl (C=O) groups excluding carboxylic acids is 1. The van der Waals surface area contributed by atoms with Crippen LogP contribution in [0.4, 0.5) is 5.95 Å². The van der Waals surface area contributed by atoms with Gasteiger partial charge in [0.15, 0.2) is 0 Å². The molecule has 0 spiro atoms. The molecule has 0 bridgehead atoms. The van der Waals surface area contributed by atoms with Gasteiger partial charge in [-0.05, 0) is 30.8 Å². The first-order valence-corrected chi connectivity index (χ1v) is 13.9. The summed E-state index contributed by atoms with van der Waals surface area (Å²) in [4.78, 5) is 34.4. The monoisotopic (exact) mass is 540 g/mol. The number of morpholine rings is 1. The maximum absolute atomic E-state index is 13.1. The Balaban J connectivity index is 1.12. The molecule has 2 fully saturated rings. The summed E-state index contributed by atoms with van der Waals surface area (Å²) in [5.74, 6) is 0.727. The molecule has 1 amide bonds. The fourth-order valence-electron chi connectivity index (χ4n) is 5.30. The quantitative estimate of drug-likeness (QED) is 0.369. The highest BCUT2D eigenvalue weighted by atomic mass is 32.1. The van der Waals surface area contributed by atoms with Crippen LogP contribution in [0.2, 0.25) is 0 Å². The fraction of sp³-hybridized carbons (Fsp3) is 0.321. The first-order chi connectivity index (χ1) is 19.1. The number of aromatic nitrogens is 5. The number of hydrogen-bond acceptors (Lipinski definition) is 9. The summed E-state index contributed by atoms with van der Waals surface area (Å²) in [7, 11) is 2.08. The summed E-state index contributed by atoms with van der Waals surface area (Å²) in [6, 6.07) is 10.1. The topological polar surface area (TPSA) is 103 Å². The van der Waals surface area contributed by atoms with Crippen molar-refractivity contribution < 1.29 is 9.53 Å². The van der Waals surface area contributed by atoms with Crippen LogP contribution >= 0.6 is 11.3 Å². The Morgan fingerprint density at radius 3 is 2.87 bits per heavy atom. The zero-order valence-electron chi connectivity index (χ0n) is 21.6. The number of likely N-dealkylation sites (N-methyl/N-ethyl adjacent to an activating group) is 1. The summed E-state index contributed by atoms with van der Waals surface area (Å²) in [5, 5.41) is 8.30. The Bertz CT molecular complexity index is 1660. The number of thiophene rings is 1. The number of H-pyrrole nitrogens is 1. The van der Waals surface area contributed by atoms with E-state index in [0.29, 0.717) is 24.7 Å². The van der Waals surface area contributed by atoms with Crippen LogP contribution in [0.3, 0.4) is 0 Å². The van der Waals surface area contributed by atoms with E-state index in [1.54, 1.807) is 17.5 Å². The van der Waals surface area contributed by atoms with Crippen LogP contribution in [-0.2, 0) is 4.74 Å². The van der Waals surface area contributed by atoms with Crippen molar-refractivity contribution in [2.45, 2.75) is 6.10 Å². The van der Waals surface area contributed by atoms with E-state index < -0.39 is 0 Å². The number of aromatic amines is 1. The van der Waals surface area contributed by atoms with Gasteiger partial charge in [0.2, 0.25) is 5.95 Å². The number of benzene rings is 1. The summed E-state index contributed by atoms with van der Waals surface area (Å²) >= 11 is 1.61. The molecule has 1 unspecified atom stereocenters. The minimum absolute atomic E-state index is 0.0358. The van der Waals surface area contributed by atoms with E-state index in [9.17, 15) is 4.79 Å². The number of pyridine rings is 1. The van der Waals surface area contributed by atoms with Gasteiger partial charge in [-0.15, -0.1) is 11.3 Å². The SMILES string of the molecule is CN1CCN(C(=O)c2cncc(-c3cc4nc(N5CCOC(c6cccc7[nH]ncc67)C5)ncc4s3)c2)CC1. The highest BCUT2D eigenvalue weighted by Gasteiger charge is 2.26. The molecular formula is C28H28N8O2S. The first-order valence-electron chi connectivity index (χ1n) is 13.1. The van der Waals surface area contributed by atoms with E-state index in [0.717, 1.165) is 69.8 Å². The molecule has 4 aromatic heterocycles. The molecule has 198 valence electrons. The number of hydrogen-bond donors (Lipinski definition) is 1. The minimum atomic E-state index is -0.0935. The third-order valence-corrected chi connectivity index (χ3v) is 8.64. The number of nitrogens with zero attached hydrogens (tertiary/aromatic N) is 7. The Morgan fingerprint density at radius 2 is 1.97 bits per heavy atom. The lowest BCUT2D eigenvalue weighted by Gasteiger charge is -2.33. The molecule has 1 atom stereocenters. The van der Waals surface area contributed by atoms with Crippen LogP contribution in [0.5, 0.6) is 0 Å². The Kier molecular flexibility index (Phi) is 6.18. The zero-order chi connectivity index (χ0) is 26.3. The van der Waals surface area contributed by atoms with Gasteiger partial charge in [-0.3, -0.25) is 14.9 Å². The molecule has 1 N–H and O–H groups in total. The van der Waals surface area contributed by atoms with E-state index in [-0.39, 0.29) is 12.0 Å². The number of carbonyl (C=O) groups is 1. The molecule has 0 aliphatic carbocycles. The third-order valence-electron chi connectivity index (χ3n) is 7.53. The standard InChI is InChI=1S/C28H28N8O2S/c1-34-5-7-35(8-6-34)27(37)19-11-18(13-29-14-19)25-12-23-26(39-25)16-30-28(32-23)36-9-10-38-24(17-36)20-3-2-4-22-21(20)15-31-33-22/h2-4,11-16,24H,5-10,17H2,1H3,(H,31,33). The van der Waals surface area contributed by atoms with Crippen LogP contribution in [0, 0.1) is 0 Å². The molecule has 7 rings (SSSR count). The van der Waals surface area contributed by atoms with Gasteiger partial charge in [-0.1, -0.05) is 12.1 Å². The van der Waals surface area contributed by atoms with Gasteiger partial charge in [0.1, 0.15) is 6.10 Å². The van der Waals surface area contributed by atoms with E-state index in [2.05, 4.69) is 44.2 Å². The van der Waals surface area contributed by atoms with Crippen LogP contribution < -0.4 is 4.90 Å². The lowest BCUT2D eigenvalue weighted by atomic mass is 10.0. The maximum Gasteiger partial charge on any atom is 0.255 e. The van der Waals surface area contributed by atoms with Crippen molar-refractivity contribution >= 4 is 44.3 Å². The number of anilines is 1. The van der Waals surface area contributed by atoms with Gasteiger partial charge in [-0.25, -0.2) is 9.97 Å². The third kappa shape index (κ3) is 4.62. The summed E-state index contributed by atoms with van der Waals surface area (Å²) in [6.07, 6.45) is 7.12. The zero-order valence-corrected chi connectivity index (χ0v) is 22.4. The van der Waals surface area contributed by atoms with Gasteiger partial charge >= 0.3 is 0 Å². The maximum atomic E-state index is 13.1. The Hall–Kier alpha value is -3.93. The predicted octanol–water partition coefficient (Wildman–Crippen LogP) is 3.60. The van der Waals surface area contributed by atoms with E-state index in [4.69, 9.17) is 14.7 Å². The van der Waals surface area contributed by atoms with Crippen molar-refractivity contribution in [1.82, 2.24) is 34.9 Å². The highest BCUT2D eigenvalue weighted by Crippen LogP contribution is 2.34. The molecular weight excluding hydrogens is 512 g/mol. The van der Waals surface area contributed by atoms with Crippen molar-refractivity contribution in [3.05, 3.63) is 66.2 Å². The number of nitrogens with one attached hydrogen (secondary N) is 1. The summed E-state index contributed by atoms with van der Waals surface area (Å²) in [6.45, 7) is 5.22. The second-order valence-electron chi connectivity index (χ2n) is 10.1. The molecule has 1 aromatic carbocycles. The first kappa shape index (κ1) is 24.1. The number of ether oxygens (including phenoxy) is 1. The molecule has 2 aliphatic heterocycles. The second kappa shape index (κ2) is 9.99. The van der Waals surface area contributed by atoms with Gasteiger partial charge in [0.25, 0.3) is 5.91 Å². The normalized spacial score (nSPS) is 18.7. The van der Waals surface area contributed by atoms with E-state index >= 15 is 0 Å². The van der Waals surface area contributed by atoms with Gasteiger partial charge in [0.05, 0.1) is 46.8 Å². The van der Waals surface area contributed by atoms with Crippen molar-refractivity contribution in [2.75, 3.05) is 57.8 Å². The van der Waals surface area contributed by atoms with Gasteiger partial charge < -0.3 is 19.4 Å². The van der Waals surface area contributed by atoms with Gasteiger partial charge in [-0.2, -0.15) is 5.10 Å². The van der Waals surface area contributed by atoms with Crippen molar-refractivity contribution in [3.63, 3.8) is 0 Å².